The Morgan fingerprint density at radius 3 is 2.56 bits per heavy atom. The van der Waals surface area contributed by atoms with Crippen LogP contribution in [0.5, 0.6) is 5.75 Å². The van der Waals surface area contributed by atoms with Crippen molar-refractivity contribution in [2.45, 2.75) is 26.8 Å². The Labute approximate surface area is 111 Å². The van der Waals surface area contributed by atoms with Gasteiger partial charge in [0.1, 0.15) is 5.75 Å². The molecule has 1 aromatic rings. The molecule has 102 valence electrons. The summed E-state index contributed by atoms with van der Waals surface area (Å²) >= 11 is 0. The van der Waals surface area contributed by atoms with Gasteiger partial charge in [0.25, 0.3) is 0 Å². The molecule has 0 atom stereocenters. The van der Waals surface area contributed by atoms with Gasteiger partial charge in [0.2, 0.25) is 0 Å². The van der Waals surface area contributed by atoms with Crippen LogP contribution >= 0.6 is 0 Å². The first-order valence-electron chi connectivity index (χ1n) is 6.56. The van der Waals surface area contributed by atoms with Crippen molar-refractivity contribution in [2.75, 3.05) is 34.3 Å². The second-order valence-corrected chi connectivity index (χ2v) is 4.87. The molecular weight excluding hydrogens is 224 g/mol. The Morgan fingerprint density at radius 1 is 1.22 bits per heavy atom. The average Bonchev–Trinajstić information content (AvgIpc) is 2.36. The van der Waals surface area contributed by atoms with Gasteiger partial charge in [0.15, 0.2) is 0 Å². The van der Waals surface area contributed by atoms with Crippen molar-refractivity contribution in [3.63, 3.8) is 0 Å². The van der Waals surface area contributed by atoms with Crippen LogP contribution in [0.4, 0.5) is 0 Å². The maximum absolute atomic E-state index is 5.34. The van der Waals surface area contributed by atoms with Crippen molar-refractivity contribution in [1.82, 2.24) is 10.2 Å². The van der Waals surface area contributed by atoms with Gasteiger partial charge in [-0.2, -0.15) is 0 Å². The molecule has 0 aliphatic rings. The minimum absolute atomic E-state index is 0.981. The fourth-order valence-electron chi connectivity index (χ4n) is 2.14. The third-order valence-corrected chi connectivity index (χ3v) is 3.48. The first-order valence-corrected chi connectivity index (χ1v) is 6.56. The Morgan fingerprint density at radius 2 is 1.94 bits per heavy atom. The van der Waals surface area contributed by atoms with Crippen LogP contribution < -0.4 is 10.1 Å². The molecule has 0 aliphatic heterocycles. The van der Waals surface area contributed by atoms with E-state index in [0.29, 0.717) is 0 Å². The second kappa shape index (κ2) is 7.39. The molecular formula is C15H26N2O. The lowest BCUT2D eigenvalue weighted by atomic mass is 10.0. The minimum Gasteiger partial charge on any atom is -0.496 e. The van der Waals surface area contributed by atoms with Gasteiger partial charge < -0.3 is 15.0 Å². The van der Waals surface area contributed by atoms with Crippen molar-refractivity contribution in [2.24, 2.45) is 0 Å². The maximum Gasteiger partial charge on any atom is 0.122 e. The molecule has 0 amide bonds. The molecule has 1 aromatic carbocycles. The fourth-order valence-corrected chi connectivity index (χ4v) is 2.14. The first-order chi connectivity index (χ1) is 8.60. The standard InChI is InChI=1S/C15H26N2O/c1-12-13(2)15(18-5)8-7-14(12)11-17(4)10-6-9-16-3/h7-8,16H,6,9-11H2,1-5H3. The van der Waals surface area contributed by atoms with Crippen LogP contribution in [0.15, 0.2) is 12.1 Å². The van der Waals surface area contributed by atoms with E-state index < -0.39 is 0 Å². The van der Waals surface area contributed by atoms with Crippen molar-refractivity contribution < 1.29 is 4.74 Å². The zero-order valence-electron chi connectivity index (χ0n) is 12.3. The molecule has 0 unspecified atom stereocenters. The molecule has 3 nitrogen and oxygen atoms in total. The molecule has 0 spiro atoms. The van der Waals surface area contributed by atoms with Crippen LogP contribution in [-0.2, 0) is 6.54 Å². The fraction of sp³-hybridized carbons (Fsp3) is 0.600. The lowest BCUT2D eigenvalue weighted by Gasteiger charge is -2.19. The normalized spacial score (nSPS) is 11.0. The van der Waals surface area contributed by atoms with Gasteiger partial charge >= 0.3 is 0 Å². The molecule has 0 saturated carbocycles. The van der Waals surface area contributed by atoms with Crippen LogP contribution in [0.2, 0.25) is 0 Å². The number of hydrogen-bond acceptors (Lipinski definition) is 3. The molecule has 0 aromatic heterocycles. The van der Waals surface area contributed by atoms with E-state index in [1.54, 1.807) is 7.11 Å². The lowest BCUT2D eigenvalue weighted by molar-refractivity contribution is 0.320. The SMILES string of the molecule is CNCCCN(C)Cc1ccc(OC)c(C)c1C. The summed E-state index contributed by atoms with van der Waals surface area (Å²) in [4.78, 5) is 2.37. The number of rotatable bonds is 7. The van der Waals surface area contributed by atoms with E-state index in [2.05, 4.69) is 43.2 Å². The van der Waals surface area contributed by atoms with Crippen molar-refractivity contribution in [1.29, 1.82) is 0 Å². The van der Waals surface area contributed by atoms with Gasteiger partial charge in [-0.05, 0) is 70.2 Å². The van der Waals surface area contributed by atoms with Crippen molar-refractivity contribution in [3.05, 3.63) is 28.8 Å². The first kappa shape index (κ1) is 15.0. The number of hydrogen-bond donors (Lipinski definition) is 1. The molecule has 18 heavy (non-hydrogen) atoms. The molecule has 0 aliphatic carbocycles. The van der Waals surface area contributed by atoms with Crippen LogP contribution in [0.3, 0.4) is 0 Å². The van der Waals surface area contributed by atoms with Crippen LogP contribution in [0.25, 0.3) is 0 Å². The van der Waals surface area contributed by atoms with E-state index in [1.807, 2.05) is 7.05 Å². The zero-order valence-corrected chi connectivity index (χ0v) is 12.3. The molecule has 0 saturated heterocycles. The highest BCUT2D eigenvalue weighted by Gasteiger charge is 2.08. The molecule has 1 N–H and O–H groups in total. The lowest BCUT2D eigenvalue weighted by Crippen LogP contribution is -2.22. The zero-order chi connectivity index (χ0) is 13.5. The van der Waals surface area contributed by atoms with E-state index in [-0.39, 0.29) is 0 Å². The molecule has 0 bridgehead atoms. The quantitative estimate of drug-likeness (QED) is 0.752. The number of benzene rings is 1. The third-order valence-electron chi connectivity index (χ3n) is 3.48. The van der Waals surface area contributed by atoms with Crippen LogP contribution in [-0.4, -0.2) is 39.2 Å². The topological polar surface area (TPSA) is 24.5 Å². The molecule has 3 heteroatoms. The van der Waals surface area contributed by atoms with Gasteiger partial charge in [-0.3, -0.25) is 0 Å². The summed E-state index contributed by atoms with van der Waals surface area (Å²) < 4.78 is 5.34. The summed E-state index contributed by atoms with van der Waals surface area (Å²) in [5, 5.41) is 3.18. The van der Waals surface area contributed by atoms with E-state index in [4.69, 9.17) is 4.74 Å². The number of nitrogens with one attached hydrogen (secondary N) is 1. The molecule has 0 heterocycles. The predicted octanol–water partition coefficient (Wildman–Crippen LogP) is 2.35. The Hall–Kier alpha value is -1.06. The average molecular weight is 250 g/mol. The van der Waals surface area contributed by atoms with E-state index in [0.717, 1.165) is 25.4 Å². The summed E-state index contributed by atoms with van der Waals surface area (Å²) in [5.41, 5.74) is 3.98. The van der Waals surface area contributed by atoms with Crippen LogP contribution in [0.1, 0.15) is 23.1 Å². The van der Waals surface area contributed by atoms with Gasteiger partial charge in [-0.25, -0.2) is 0 Å². The summed E-state index contributed by atoms with van der Waals surface area (Å²) in [6.07, 6.45) is 1.18. The molecule has 0 radical (unpaired) electrons. The number of nitrogens with zero attached hydrogens (tertiary/aromatic N) is 1. The third kappa shape index (κ3) is 4.00. The monoisotopic (exact) mass is 250 g/mol. The van der Waals surface area contributed by atoms with E-state index >= 15 is 0 Å². The predicted molar refractivity (Wildman–Crippen MR) is 77.3 cm³/mol. The largest absolute Gasteiger partial charge is 0.496 e. The second-order valence-electron chi connectivity index (χ2n) is 4.87. The summed E-state index contributed by atoms with van der Waals surface area (Å²) in [5.74, 6) is 0.981. The molecule has 0 fully saturated rings. The highest BCUT2D eigenvalue weighted by molar-refractivity contribution is 5.43. The smallest absolute Gasteiger partial charge is 0.122 e. The van der Waals surface area contributed by atoms with Gasteiger partial charge in [0.05, 0.1) is 7.11 Å². The Bertz CT molecular complexity index is 377. The number of ether oxygens (including phenoxy) is 1. The van der Waals surface area contributed by atoms with Gasteiger partial charge in [-0.15, -0.1) is 0 Å². The van der Waals surface area contributed by atoms with Crippen molar-refractivity contribution >= 4 is 0 Å². The Balaban J connectivity index is 2.64. The summed E-state index contributed by atoms with van der Waals surface area (Å²) in [7, 11) is 5.90. The Kier molecular flexibility index (Phi) is 6.16. The van der Waals surface area contributed by atoms with E-state index in [1.165, 1.54) is 23.1 Å². The number of methoxy groups -OCH3 is 1. The molecule has 1 rings (SSSR count). The highest BCUT2D eigenvalue weighted by atomic mass is 16.5. The summed E-state index contributed by atoms with van der Waals surface area (Å²) in [6, 6.07) is 4.24. The maximum atomic E-state index is 5.34. The van der Waals surface area contributed by atoms with Crippen LogP contribution in [0, 0.1) is 13.8 Å². The van der Waals surface area contributed by atoms with E-state index in [9.17, 15) is 0 Å². The highest BCUT2D eigenvalue weighted by Crippen LogP contribution is 2.24. The minimum atomic E-state index is 0.981. The van der Waals surface area contributed by atoms with Gasteiger partial charge in [-0.1, -0.05) is 6.07 Å². The summed E-state index contributed by atoms with van der Waals surface area (Å²) in [6.45, 7) is 7.49. The van der Waals surface area contributed by atoms with Gasteiger partial charge in [0, 0.05) is 6.54 Å². The van der Waals surface area contributed by atoms with Crippen molar-refractivity contribution in [3.8, 4) is 5.75 Å².